The van der Waals surface area contributed by atoms with Crippen molar-refractivity contribution in [2.45, 2.75) is 18.2 Å². The molecule has 0 aromatic heterocycles. The number of nitrogens with zero attached hydrogens (tertiary/aromatic N) is 1. The smallest absolute Gasteiger partial charge is 0.0508 e. The first-order valence-corrected chi connectivity index (χ1v) is 4.99. The van der Waals surface area contributed by atoms with Crippen molar-refractivity contribution in [3.05, 3.63) is 35.0 Å². The van der Waals surface area contributed by atoms with Crippen LogP contribution in [0, 0.1) is 11.1 Å². The van der Waals surface area contributed by atoms with Gasteiger partial charge in [0.1, 0.15) is 0 Å². The Bertz CT molecular complexity index is 312. The molecule has 1 fully saturated rings. The third-order valence-electron chi connectivity index (χ3n) is 2.49. The first kappa shape index (κ1) is 9.77. The minimum Gasteiger partial charge on any atom is -0.733 e. The Labute approximate surface area is 87.4 Å². The molecule has 1 aliphatic rings. The summed E-state index contributed by atoms with van der Waals surface area (Å²) in [6.07, 6.45) is 2.04. The monoisotopic (exact) mass is 212 g/mol. The Kier molecular flexibility index (Phi) is 2.63. The minimum atomic E-state index is -0.134. The number of halogens is 1. The first-order chi connectivity index (χ1) is 6.66. The molecular formula is C10H11ClNO2-. The van der Waals surface area contributed by atoms with Crippen LogP contribution in [0.3, 0.4) is 0 Å². The third-order valence-corrected chi connectivity index (χ3v) is 3.03. The van der Waals surface area contributed by atoms with Crippen LogP contribution in [-0.2, 0) is 6.42 Å². The van der Waals surface area contributed by atoms with Gasteiger partial charge in [0.25, 0.3) is 0 Å². The second-order valence-corrected chi connectivity index (χ2v) is 4.22. The molecule has 0 bridgehead atoms. The van der Waals surface area contributed by atoms with Crippen molar-refractivity contribution in [2.24, 2.45) is 5.92 Å². The number of benzene rings is 1. The maximum Gasteiger partial charge on any atom is 0.0508 e. The fourth-order valence-corrected chi connectivity index (χ4v) is 1.80. The van der Waals surface area contributed by atoms with Crippen LogP contribution in [0.4, 0.5) is 5.69 Å². The lowest BCUT2D eigenvalue weighted by Crippen LogP contribution is -2.06. The van der Waals surface area contributed by atoms with Crippen LogP contribution in [-0.4, -0.2) is 10.6 Å². The quantitative estimate of drug-likeness (QED) is 0.619. The highest BCUT2D eigenvalue weighted by molar-refractivity contribution is 6.22. The standard InChI is InChI=1S/C10H11ClNO2/c11-10-6-8(10)5-7-1-3-9(4-2-7)12(13)14/h1-4,8,10,13H,5-6H2/q-1. The van der Waals surface area contributed by atoms with Gasteiger partial charge in [-0.15, -0.1) is 11.6 Å². The molecule has 1 aromatic rings. The van der Waals surface area contributed by atoms with Crippen LogP contribution in [0.5, 0.6) is 0 Å². The predicted octanol–water partition coefficient (Wildman–Crippen LogP) is 2.55. The van der Waals surface area contributed by atoms with Gasteiger partial charge in [0.15, 0.2) is 0 Å². The molecule has 0 aliphatic heterocycles. The Morgan fingerprint density at radius 1 is 1.43 bits per heavy atom. The summed E-state index contributed by atoms with van der Waals surface area (Å²) in [6.45, 7) is 0. The van der Waals surface area contributed by atoms with E-state index in [-0.39, 0.29) is 10.9 Å². The van der Waals surface area contributed by atoms with Crippen molar-refractivity contribution in [2.75, 3.05) is 5.23 Å². The number of hydrogen-bond acceptors (Lipinski definition) is 3. The summed E-state index contributed by atoms with van der Waals surface area (Å²) >= 11 is 5.89. The highest BCUT2D eigenvalue weighted by Gasteiger charge is 2.34. The normalized spacial score (nSPS) is 24.8. The molecule has 1 N–H and O–H groups in total. The molecule has 76 valence electrons. The zero-order chi connectivity index (χ0) is 10.1. The van der Waals surface area contributed by atoms with Gasteiger partial charge in [0.05, 0.1) is 5.69 Å². The summed E-state index contributed by atoms with van der Waals surface area (Å²) < 4.78 is 0. The Balaban J connectivity index is 1.99. The van der Waals surface area contributed by atoms with E-state index in [4.69, 9.17) is 16.8 Å². The van der Waals surface area contributed by atoms with Gasteiger partial charge in [-0.3, -0.25) is 5.21 Å². The van der Waals surface area contributed by atoms with E-state index in [2.05, 4.69) is 0 Å². The van der Waals surface area contributed by atoms with Gasteiger partial charge >= 0.3 is 0 Å². The molecule has 0 saturated heterocycles. The zero-order valence-corrected chi connectivity index (χ0v) is 8.31. The van der Waals surface area contributed by atoms with Crippen LogP contribution in [0.25, 0.3) is 0 Å². The van der Waals surface area contributed by atoms with Gasteiger partial charge in [0, 0.05) is 5.38 Å². The Morgan fingerprint density at radius 3 is 2.43 bits per heavy atom. The lowest BCUT2D eigenvalue weighted by molar-refractivity contribution is 0.296. The average Bonchev–Trinajstić information content (AvgIpc) is 2.82. The highest BCUT2D eigenvalue weighted by atomic mass is 35.5. The molecule has 0 amide bonds. The van der Waals surface area contributed by atoms with Crippen molar-refractivity contribution in [3.8, 4) is 0 Å². The molecule has 1 aromatic carbocycles. The van der Waals surface area contributed by atoms with Gasteiger partial charge < -0.3 is 10.4 Å². The third kappa shape index (κ3) is 2.18. The van der Waals surface area contributed by atoms with Crippen molar-refractivity contribution >= 4 is 17.3 Å². The minimum absolute atomic E-state index is 0.134. The van der Waals surface area contributed by atoms with Crippen molar-refractivity contribution in [3.63, 3.8) is 0 Å². The second-order valence-electron chi connectivity index (χ2n) is 3.66. The first-order valence-electron chi connectivity index (χ1n) is 4.56. The molecule has 1 saturated carbocycles. The van der Waals surface area contributed by atoms with Gasteiger partial charge in [-0.2, -0.15) is 0 Å². The van der Waals surface area contributed by atoms with Crippen LogP contribution >= 0.6 is 11.6 Å². The maximum atomic E-state index is 10.5. The van der Waals surface area contributed by atoms with E-state index >= 15 is 0 Å². The fourth-order valence-electron chi connectivity index (χ4n) is 1.48. The second kappa shape index (κ2) is 3.77. The zero-order valence-electron chi connectivity index (χ0n) is 7.56. The largest absolute Gasteiger partial charge is 0.733 e. The van der Waals surface area contributed by atoms with Gasteiger partial charge in [-0.05, 0) is 36.5 Å². The molecular weight excluding hydrogens is 202 g/mol. The molecule has 4 heteroatoms. The van der Waals surface area contributed by atoms with Crippen molar-refractivity contribution in [1.82, 2.24) is 0 Å². The lowest BCUT2D eigenvalue weighted by Gasteiger charge is -2.21. The van der Waals surface area contributed by atoms with Crippen molar-refractivity contribution in [1.29, 1.82) is 0 Å². The number of alkyl halides is 1. The summed E-state index contributed by atoms with van der Waals surface area (Å²) in [5, 5.41) is 19.3. The van der Waals surface area contributed by atoms with E-state index < -0.39 is 0 Å². The fraction of sp³-hybridized carbons (Fsp3) is 0.400. The summed E-state index contributed by atoms with van der Waals surface area (Å²) in [4.78, 5) is 0. The molecule has 0 spiro atoms. The molecule has 1 aliphatic carbocycles. The van der Waals surface area contributed by atoms with Crippen LogP contribution in [0.1, 0.15) is 12.0 Å². The average molecular weight is 213 g/mol. The summed E-state index contributed by atoms with van der Waals surface area (Å²) in [5.74, 6) is 0.583. The van der Waals surface area contributed by atoms with E-state index in [1.165, 1.54) is 0 Å². The Morgan fingerprint density at radius 2 is 2.00 bits per heavy atom. The van der Waals surface area contributed by atoms with E-state index in [0.29, 0.717) is 11.3 Å². The Hall–Kier alpha value is -0.770. The van der Waals surface area contributed by atoms with Crippen LogP contribution in [0.2, 0.25) is 0 Å². The van der Waals surface area contributed by atoms with Crippen molar-refractivity contribution < 1.29 is 5.21 Å². The summed E-state index contributed by atoms with van der Waals surface area (Å²) in [7, 11) is 0. The number of anilines is 1. The molecule has 3 nitrogen and oxygen atoms in total. The SMILES string of the molecule is [O-]N(O)c1ccc(CC2CC2Cl)cc1. The highest BCUT2D eigenvalue weighted by Crippen LogP contribution is 2.38. The molecule has 2 atom stereocenters. The predicted molar refractivity (Wildman–Crippen MR) is 55.5 cm³/mol. The van der Waals surface area contributed by atoms with Gasteiger partial charge in [-0.25, -0.2) is 0 Å². The lowest BCUT2D eigenvalue weighted by atomic mass is 10.1. The molecule has 2 rings (SSSR count). The maximum absolute atomic E-state index is 10.5. The molecule has 0 heterocycles. The molecule has 14 heavy (non-hydrogen) atoms. The summed E-state index contributed by atoms with van der Waals surface area (Å²) in [5.41, 5.74) is 1.41. The van der Waals surface area contributed by atoms with E-state index in [1.807, 2.05) is 12.1 Å². The van der Waals surface area contributed by atoms with Gasteiger partial charge in [0.2, 0.25) is 0 Å². The van der Waals surface area contributed by atoms with Gasteiger partial charge in [-0.1, -0.05) is 12.1 Å². The van der Waals surface area contributed by atoms with E-state index in [9.17, 15) is 5.21 Å². The van der Waals surface area contributed by atoms with Crippen LogP contribution in [0.15, 0.2) is 24.3 Å². The number of hydrogen-bond donors (Lipinski definition) is 1. The molecule has 2 unspecified atom stereocenters. The number of rotatable bonds is 3. The van der Waals surface area contributed by atoms with Crippen LogP contribution < -0.4 is 5.23 Å². The van der Waals surface area contributed by atoms with E-state index in [0.717, 1.165) is 18.4 Å². The topological polar surface area (TPSA) is 46.5 Å². The van der Waals surface area contributed by atoms with E-state index in [1.54, 1.807) is 12.1 Å². The summed E-state index contributed by atoms with van der Waals surface area (Å²) in [6, 6.07) is 6.90. The molecule has 0 radical (unpaired) electrons.